The standard InChI is InChI=1S/C10H15N3O/c1-3-13-9-5-4-7(11)6-8(9)10(14)12-2/h4-6,13H,3,11H2,1-2H3,(H,12,14). The maximum atomic E-state index is 11.5. The van der Waals surface area contributed by atoms with Crippen LogP contribution in [0.4, 0.5) is 11.4 Å². The lowest BCUT2D eigenvalue weighted by Crippen LogP contribution is -2.19. The number of hydrogen-bond donors (Lipinski definition) is 3. The molecule has 0 fully saturated rings. The minimum absolute atomic E-state index is 0.131. The summed E-state index contributed by atoms with van der Waals surface area (Å²) in [6.07, 6.45) is 0. The van der Waals surface area contributed by atoms with E-state index in [9.17, 15) is 4.79 Å². The van der Waals surface area contributed by atoms with Gasteiger partial charge in [-0.05, 0) is 25.1 Å². The molecule has 0 spiro atoms. The van der Waals surface area contributed by atoms with E-state index in [4.69, 9.17) is 5.73 Å². The topological polar surface area (TPSA) is 67.1 Å². The zero-order valence-corrected chi connectivity index (χ0v) is 8.42. The quantitative estimate of drug-likeness (QED) is 0.629. The molecule has 1 aromatic carbocycles. The highest BCUT2D eigenvalue weighted by atomic mass is 16.1. The van der Waals surface area contributed by atoms with Gasteiger partial charge in [0.1, 0.15) is 0 Å². The van der Waals surface area contributed by atoms with E-state index in [-0.39, 0.29) is 5.91 Å². The lowest BCUT2D eigenvalue weighted by Gasteiger charge is -2.10. The van der Waals surface area contributed by atoms with Crippen molar-refractivity contribution in [3.63, 3.8) is 0 Å². The van der Waals surface area contributed by atoms with Gasteiger partial charge in [-0.25, -0.2) is 0 Å². The molecule has 4 heteroatoms. The molecule has 0 atom stereocenters. The summed E-state index contributed by atoms with van der Waals surface area (Å²) in [6, 6.07) is 5.24. The Morgan fingerprint density at radius 1 is 1.50 bits per heavy atom. The van der Waals surface area contributed by atoms with Crippen LogP contribution in [0.1, 0.15) is 17.3 Å². The van der Waals surface area contributed by atoms with Crippen LogP contribution < -0.4 is 16.4 Å². The van der Waals surface area contributed by atoms with Crippen molar-refractivity contribution in [3.8, 4) is 0 Å². The van der Waals surface area contributed by atoms with E-state index in [0.717, 1.165) is 12.2 Å². The van der Waals surface area contributed by atoms with E-state index in [0.29, 0.717) is 11.3 Å². The molecule has 1 amide bonds. The molecule has 0 saturated carbocycles. The van der Waals surface area contributed by atoms with Crippen LogP contribution in [0.5, 0.6) is 0 Å². The minimum atomic E-state index is -0.131. The molecule has 4 N–H and O–H groups in total. The molecule has 1 rings (SSSR count). The maximum absolute atomic E-state index is 11.5. The summed E-state index contributed by atoms with van der Waals surface area (Å²) in [7, 11) is 1.60. The van der Waals surface area contributed by atoms with Gasteiger partial charge in [0.25, 0.3) is 5.91 Å². The fraction of sp³-hybridized carbons (Fsp3) is 0.300. The number of amides is 1. The van der Waals surface area contributed by atoms with Gasteiger partial charge >= 0.3 is 0 Å². The summed E-state index contributed by atoms with van der Waals surface area (Å²) >= 11 is 0. The van der Waals surface area contributed by atoms with Crippen molar-refractivity contribution in [2.75, 3.05) is 24.6 Å². The molecule has 1 aromatic rings. The third kappa shape index (κ3) is 2.16. The van der Waals surface area contributed by atoms with E-state index in [1.807, 2.05) is 13.0 Å². The Bertz CT molecular complexity index is 336. The maximum Gasteiger partial charge on any atom is 0.253 e. The first kappa shape index (κ1) is 10.4. The number of carbonyl (C=O) groups excluding carboxylic acids is 1. The number of nitrogens with one attached hydrogen (secondary N) is 2. The van der Waals surface area contributed by atoms with Crippen LogP contribution in [0, 0.1) is 0 Å². The fourth-order valence-electron chi connectivity index (χ4n) is 1.23. The predicted molar refractivity (Wildman–Crippen MR) is 58.4 cm³/mol. The first-order chi connectivity index (χ1) is 6.69. The molecule has 14 heavy (non-hydrogen) atoms. The van der Waals surface area contributed by atoms with Crippen LogP contribution in [0.15, 0.2) is 18.2 Å². The molecule has 0 aliphatic rings. The molecular weight excluding hydrogens is 178 g/mol. The van der Waals surface area contributed by atoms with E-state index in [2.05, 4.69) is 10.6 Å². The smallest absolute Gasteiger partial charge is 0.253 e. The third-order valence-corrected chi connectivity index (χ3v) is 1.88. The van der Waals surface area contributed by atoms with E-state index < -0.39 is 0 Å². The van der Waals surface area contributed by atoms with Crippen LogP contribution in [-0.4, -0.2) is 19.5 Å². The van der Waals surface area contributed by atoms with Crippen LogP contribution in [0.2, 0.25) is 0 Å². The van der Waals surface area contributed by atoms with Gasteiger partial charge in [0.2, 0.25) is 0 Å². The van der Waals surface area contributed by atoms with Crippen molar-refractivity contribution < 1.29 is 4.79 Å². The van der Waals surface area contributed by atoms with Gasteiger partial charge in [0.15, 0.2) is 0 Å². The first-order valence-electron chi connectivity index (χ1n) is 4.54. The van der Waals surface area contributed by atoms with Crippen molar-refractivity contribution >= 4 is 17.3 Å². The minimum Gasteiger partial charge on any atom is -0.399 e. The molecule has 0 heterocycles. The van der Waals surface area contributed by atoms with Crippen molar-refractivity contribution in [1.29, 1.82) is 0 Å². The Morgan fingerprint density at radius 2 is 2.21 bits per heavy atom. The molecule has 76 valence electrons. The van der Waals surface area contributed by atoms with Crippen molar-refractivity contribution in [1.82, 2.24) is 5.32 Å². The molecule has 0 saturated heterocycles. The Balaban J connectivity index is 3.08. The van der Waals surface area contributed by atoms with Gasteiger partial charge in [-0.1, -0.05) is 0 Å². The SMILES string of the molecule is CCNc1ccc(N)cc1C(=O)NC. The number of anilines is 2. The largest absolute Gasteiger partial charge is 0.399 e. The number of hydrogen-bond acceptors (Lipinski definition) is 3. The molecule has 0 aromatic heterocycles. The zero-order chi connectivity index (χ0) is 10.6. The highest BCUT2D eigenvalue weighted by Gasteiger charge is 2.09. The summed E-state index contributed by atoms with van der Waals surface area (Å²) in [6.45, 7) is 2.75. The Morgan fingerprint density at radius 3 is 2.79 bits per heavy atom. The highest BCUT2D eigenvalue weighted by molar-refractivity contribution is 6.00. The highest BCUT2D eigenvalue weighted by Crippen LogP contribution is 2.18. The number of benzene rings is 1. The van der Waals surface area contributed by atoms with Gasteiger partial charge in [0, 0.05) is 25.0 Å². The number of carbonyl (C=O) groups is 1. The Hall–Kier alpha value is -1.71. The second kappa shape index (κ2) is 4.50. The lowest BCUT2D eigenvalue weighted by atomic mass is 10.1. The van der Waals surface area contributed by atoms with Gasteiger partial charge in [0.05, 0.1) is 5.56 Å². The average molecular weight is 193 g/mol. The zero-order valence-electron chi connectivity index (χ0n) is 8.42. The summed E-state index contributed by atoms with van der Waals surface area (Å²) < 4.78 is 0. The second-order valence-corrected chi connectivity index (χ2v) is 2.91. The Labute approximate surface area is 83.5 Å². The van der Waals surface area contributed by atoms with Crippen molar-refractivity contribution in [2.45, 2.75) is 6.92 Å². The van der Waals surface area contributed by atoms with E-state index >= 15 is 0 Å². The molecule has 0 aliphatic carbocycles. The van der Waals surface area contributed by atoms with E-state index in [1.54, 1.807) is 19.2 Å². The van der Waals surface area contributed by atoms with Crippen LogP contribution in [-0.2, 0) is 0 Å². The molecule has 4 nitrogen and oxygen atoms in total. The van der Waals surface area contributed by atoms with Crippen molar-refractivity contribution in [3.05, 3.63) is 23.8 Å². The summed E-state index contributed by atoms with van der Waals surface area (Å²) in [5.74, 6) is -0.131. The van der Waals surface area contributed by atoms with Crippen LogP contribution >= 0.6 is 0 Å². The molecular formula is C10H15N3O. The van der Waals surface area contributed by atoms with Gasteiger partial charge in [-0.2, -0.15) is 0 Å². The molecule has 0 unspecified atom stereocenters. The first-order valence-corrected chi connectivity index (χ1v) is 4.54. The number of nitrogen functional groups attached to an aromatic ring is 1. The number of nitrogens with two attached hydrogens (primary N) is 1. The lowest BCUT2D eigenvalue weighted by molar-refractivity contribution is 0.0964. The van der Waals surface area contributed by atoms with Gasteiger partial charge in [-0.3, -0.25) is 4.79 Å². The normalized spacial score (nSPS) is 9.57. The van der Waals surface area contributed by atoms with Gasteiger partial charge in [-0.15, -0.1) is 0 Å². The summed E-state index contributed by atoms with van der Waals surface area (Å²) in [5, 5.41) is 5.67. The van der Waals surface area contributed by atoms with Crippen molar-refractivity contribution in [2.24, 2.45) is 0 Å². The van der Waals surface area contributed by atoms with Crippen LogP contribution in [0.3, 0.4) is 0 Å². The number of rotatable bonds is 3. The second-order valence-electron chi connectivity index (χ2n) is 2.91. The van der Waals surface area contributed by atoms with E-state index in [1.165, 1.54) is 0 Å². The monoisotopic (exact) mass is 193 g/mol. The molecule has 0 aliphatic heterocycles. The fourth-order valence-corrected chi connectivity index (χ4v) is 1.23. The van der Waals surface area contributed by atoms with Crippen LogP contribution in [0.25, 0.3) is 0 Å². The summed E-state index contributed by atoms with van der Waals surface area (Å²) in [4.78, 5) is 11.5. The third-order valence-electron chi connectivity index (χ3n) is 1.88. The predicted octanol–water partition coefficient (Wildman–Crippen LogP) is 1.06. The molecule has 0 bridgehead atoms. The Kier molecular flexibility index (Phi) is 3.34. The average Bonchev–Trinajstić information content (AvgIpc) is 2.20. The molecule has 0 radical (unpaired) electrons. The summed E-state index contributed by atoms with van der Waals surface area (Å²) in [5.41, 5.74) is 7.58. The van der Waals surface area contributed by atoms with Gasteiger partial charge < -0.3 is 16.4 Å².